The molecule has 0 aromatic heterocycles. The molecule has 0 bridgehead atoms. The Morgan fingerprint density at radius 3 is 2.29 bits per heavy atom. The molecule has 0 spiro atoms. The van der Waals surface area contributed by atoms with Crippen LogP contribution < -0.4 is 0 Å². The summed E-state index contributed by atoms with van der Waals surface area (Å²) >= 11 is 0. The molecule has 0 amide bonds. The lowest BCUT2D eigenvalue weighted by molar-refractivity contribution is 0.595. The van der Waals surface area contributed by atoms with Gasteiger partial charge in [-0.2, -0.15) is 5.26 Å². The Kier molecular flexibility index (Phi) is 4.71. The molecular formula is C13H17NO2S. The first-order valence-electron chi connectivity index (χ1n) is 5.64. The van der Waals surface area contributed by atoms with Crippen molar-refractivity contribution in [2.45, 2.75) is 31.6 Å². The molecule has 0 heterocycles. The average Bonchev–Trinajstić information content (AvgIpc) is 2.26. The van der Waals surface area contributed by atoms with Crippen LogP contribution >= 0.6 is 0 Å². The maximum atomic E-state index is 11.8. The van der Waals surface area contributed by atoms with Crippen molar-refractivity contribution >= 4 is 9.84 Å². The van der Waals surface area contributed by atoms with Gasteiger partial charge in [-0.05, 0) is 30.0 Å². The average molecular weight is 251 g/mol. The molecule has 0 saturated carbocycles. The van der Waals surface area contributed by atoms with E-state index in [1.54, 1.807) is 12.1 Å². The Bertz CT molecular complexity index is 495. The standard InChI is InChI=1S/C13H17NO2S/c1-11(2)10-12-4-6-13(7-5-12)17(15,16)9-3-8-14/h4-7,11H,3,9-10H2,1-2H3. The summed E-state index contributed by atoms with van der Waals surface area (Å²) in [4.78, 5) is 0.306. The zero-order valence-electron chi connectivity index (χ0n) is 10.2. The fourth-order valence-corrected chi connectivity index (χ4v) is 2.75. The number of hydrogen-bond donors (Lipinski definition) is 0. The van der Waals surface area contributed by atoms with Crippen LogP contribution in [-0.2, 0) is 16.3 Å². The van der Waals surface area contributed by atoms with Gasteiger partial charge in [-0.3, -0.25) is 0 Å². The molecule has 1 aromatic rings. The summed E-state index contributed by atoms with van der Waals surface area (Å²) in [6, 6.07) is 8.80. The van der Waals surface area contributed by atoms with Crippen LogP contribution in [0.5, 0.6) is 0 Å². The largest absolute Gasteiger partial charge is 0.224 e. The van der Waals surface area contributed by atoms with Gasteiger partial charge in [0.05, 0.1) is 16.7 Å². The van der Waals surface area contributed by atoms with Crippen LogP contribution in [0.2, 0.25) is 0 Å². The minimum Gasteiger partial charge on any atom is -0.224 e. The lowest BCUT2D eigenvalue weighted by Crippen LogP contribution is -2.06. The van der Waals surface area contributed by atoms with E-state index in [9.17, 15) is 8.42 Å². The molecule has 0 atom stereocenters. The van der Waals surface area contributed by atoms with Crippen molar-refractivity contribution in [2.75, 3.05) is 5.75 Å². The molecule has 0 fully saturated rings. The zero-order chi connectivity index (χ0) is 12.9. The van der Waals surface area contributed by atoms with Gasteiger partial charge in [-0.15, -0.1) is 0 Å². The monoisotopic (exact) mass is 251 g/mol. The number of hydrogen-bond acceptors (Lipinski definition) is 3. The molecule has 0 unspecified atom stereocenters. The molecule has 1 rings (SSSR count). The van der Waals surface area contributed by atoms with Crippen LogP contribution in [0, 0.1) is 17.2 Å². The maximum absolute atomic E-state index is 11.8. The molecule has 0 aliphatic rings. The highest BCUT2D eigenvalue weighted by molar-refractivity contribution is 7.91. The molecule has 92 valence electrons. The lowest BCUT2D eigenvalue weighted by Gasteiger charge is -2.06. The van der Waals surface area contributed by atoms with Gasteiger partial charge in [-0.25, -0.2) is 8.42 Å². The summed E-state index contributed by atoms with van der Waals surface area (Å²) in [5.74, 6) is 0.448. The third-order valence-corrected chi connectivity index (χ3v) is 4.14. The second kappa shape index (κ2) is 5.83. The highest BCUT2D eigenvalue weighted by Crippen LogP contribution is 2.15. The van der Waals surface area contributed by atoms with Gasteiger partial charge < -0.3 is 0 Å². The quantitative estimate of drug-likeness (QED) is 0.808. The van der Waals surface area contributed by atoms with Crippen LogP contribution in [0.1, 0.15) is 25.8 Å². The van der Waals surface area contributed by atoms with Crippen molar-refractivity contribution in [2.24, 2.45) is 5.92 Å². The number of benzene rings is 1. The maximum Gasteiger partial charge on any atom is 0.179 e. The second-order valence-corrected chi connectivity index (χ2v) is 6.58. The highest BCUT2D eigenvalue weighted by atomic mass is 32.2. The van der Waals surface area contributed by atoms with Gasteiger partial charge in [-0.1, -0.05) is 26.0 Å². The fourth-order valence-electron chi connectivity index (χ4n) is 1.60. The zero-order valence-corrected chi connectivity index (χ0v) is 11.0. The first kappa shape index (κ1) is 13.7. The van der Waals surface area contributed by atoms with Crippen molar-refractivity contribution in [3.05, 3.63) is 29.8 Å². The van der Waals surface area contributed by atoms with E-state index >= 15 is 0 Å². The first-order chi connectivity index (χ1) is 7.95. The van der Waals surface area contributed by atoms with Gasteiger partial charge >= 0.3 is 0 Å². The van der Waals surface area contributed by atoms with E-state index in [-0.39, 0.29) is 12.2 Å². The van der Waals surface area contributed by atoms with Gasteiger partial charge in [0.15, 0.2) is 9.84 Å². The Morgan fingerprint density at radius 1 is 1.24 bits per heavy atom. The predicted molar refractivity (Wildman–Crippen MR) is 67.3 cm³/mol. The molecule has 1 aromatic carbocycles. The van der Waals surface area contributed by atoms with Gasteiger partial charge in [0.2, 0.25) is 0 Å². The molecule has 0 aliphatic carbocycles. The second-order valence-electron chi connectivity index (χ2n) is 4.47. The lowest BCUT2D eigenvalue weighted by atomic mass is 10.0. The number of nitriles is 1. The normalized spacial score (nSPS) is 11.4. The molecular weight excluding hydrogens is 234 g/mol. The van der Waals surface area contributed by atoms with Crippen LogP contribution in [0.3, 0.4) is 0 Å². The van der Waals surface area contributed by atoms with E-state index in [1.165, 1.54) is 0 Å². The van der Waals surface area contributed by atoms with Crippen LogP contribution in [0.4, 0.5) is 0 Å². The third-order valence-electron chi connectivity index (χ3n) is 2.41. The Labute approximate surface area is 103 Å². The smallest absolute Gasteiger partial charge is 0.179 e. The summed E-state index contributed by atoms with van der Waals surface area (Å²) in [5, 5.41) is 8.41. The predicted octanol–water partition coefficient (Wildman–Crippen LogP) is 2.57. The van der Waals surface area contributed by atoms with E-state index in [0.717, 1.165) is 12.0 Å². The molecule has 4 heteroatoms. The van der Waals surface area contributed by atoms with E-state index in [2.05, 4.69) is 13.8 Å². The van der Waals surface area contributed by atoms with E-state index in [1.807, 2.05) is 18.2 Å². The van der Waals surface area contributed by atoms with Crippen molar-refractivity contribution < 1.29 is 8.42 Å². The van der Waals surface area contributed by atoms with Gasteiger partial charge in [0, 0.05) is 6.42 Å². The van der Waals surface area contributed by atoms with Crippen LogP contribution in [0.25, 0.3) is 0 Å². The molecule has 0 N–H and O–H groups in total. The summed E-state index contributed by atoms with van der Waals surface area (Å²) in [5.41, 5.74) is 1.14. The van der Waals surface area contributed by atoms with Crippen molar-refractivity contribution in [1.82, 2.24) is 0 Å². The summed E-state index contributed by atoms with van der Waals surface area (Å²) in [7, 11) is -3.29. The molecule has 0 aliphatic heterocycles. The SMILES string of the molecule is CC(C)Cc1ccc(S(=O)(=O)CCC#N)cc1. The van der Waals surface area contributed by atoms with Crippen molar-refractivity contribution in [3.63, 3.8) is 0 Å². The minimum atomic E-state index is -3.29. The molecule has 3 nitrogen and oxygen atoms in total. The molecule has 0 saturated heterocycles. The minimum absolute atomic E-state index is 0.0378. The fraction of sp³-hybridized carbons (Fsp3) is 0.462. The Balaban J connectivity index is 2.84. The number of nitrogens with zero attached hydrogens (tertiary/aromatic N) is 1. The molecule has 0 radical (unpaired) electrons. The van der Waals surface area contributed by atoms with Crippen LogP contribution in [0.15, 0.2) is 29.2 Å². The number of rotatable bonds is 5. The molecule has 17 heavy (non-hydrogen) atoms. The van der Waals surface area contributed by atoms with Gasteiger partial charge in [0.1, 0.15) is 0 Å². The summed E-state index contributed by atoms with van der Waals surface area (Å²) < 4.78 is 23.5. The van der Waals surface area contributed by atoms with Gasteiger partial charge in [0.25, 0.3) is 0 Å². The number of sulfone groups is 1. The summed E-state index contributed by atoms with van der Waals surface area (Å²) in [6.45, 7) is 4.25. The van der Waals surface area contributed by atoms with E-state index < -0.39 is 9.84 Å². The Morgan fingerprint density at radius 2 is 1.82 bits per heavy atom. The third kappa shape index (κ3) is 4.20. The van der Waals surface area contributed by atoms with Crippen molar-refractivity contribution in [3.8, 4) is 6.07 Å². The first-order valence-corrected chi connectivity index (χ1v) is 7.29. The van der Waals surface area contributed by atoms with Crippen LogP contribution in [-0.4, -0.2) is 14.2 Å². The Hall–Kier alpha value is -1.34. The topological polar surface area (TPSA) is 57.9 Å². The highest BCUT2D eigenvalue weighted by Gasteiger charge is 2.13. The summed E-state index contributed by atoms with van der Waals surface area (Å²) in [6.07, 6.45) is 0.981. The van der Waals surface area contributed by atoms with E-state index in [4.69, 9.17) is 5.26 Å². The van der Waals surface area contributed by atoms with Crippen molar-refractivity contribution in [1.29, 1.82) is 5.26 Å². The van der Waals surface area contributed by atoms with E-state index in [0.29, 0.717) is 10.8 Å².